The Hall–Kier alpha value is -2.12. The maximum atomic E-state index is 12.4. The van der Waals surface area contributed by atoms with Crippen molar-refractivity contribution in [3.05, 3.63) is 51.9 Å². The van der Waals surface area contributed by atoms with Crippen LogP contribution in [-0.2, 0) is 24.1 Å². The molecule has 3 nitrogen and oxygen atoms in total. The molecule has 0 unspecified atom stereocenters. The Balaban J connectivity index is 1.70. The number of amides is 1. The first-order valence-electron chi connectivity index (χ1n) is 9.27. The van der Waals surface area contributed by atoms with E-state index < -0.39 is 0 Å². The van der Waals surface area contributed by atoms with E-state index in [0.29, 0.717) is 24.3 Å². The van der Waals surface area contributed by atoms with E-state index >= 15 is 0 Å². The Labute approximate surface area is 160 Å². The summed E-state index contributed by atoms with van der Waals surface area (Å²) >= 11 is 1.60. The fraction of sp³-hybridized carbons (Fsp3) is 0.455. The molecule has 4 heteroatoms. The van der Waals surface area contributed by atoms with Crippen molar-refractivity contribution in [1.82, 2.24) is 0 Å². The van der Waals surface area contributed by atoms with Crippen LogP contribution in [0.5, 0.6) is 0 Å². The van der Waals surface area contributed by atoms with Gasteiger partial charge in [-0.05, 0) is 48.1 Å². The van der Waals surface area contributed by atoms with E-state index in [2.05, 4.69) is 32.2 Å². The van der Waals surface area contributed by atoms with Gasteiger partial charge in [0.2, 0.25) is 5.91 Å². The highest BCUT2D eigenvalue weighted by atomic mass is 32.1. The number of hydrogen-bond donors (Lipinski definition) is 1. The molecule has 0 fully saturated rings. The number of carbonyl (C=O) groups is 1. The van der Waals surface area contributed by atoms with Crippen molar-refractivity contribution in [1.29, 1.82) is 5.26 Å². The number of rotatable bonds is 4. The largest absolute Gasteiger partial charge is 0.317 e. The summed E-state index contributed by atoms with van der Waals surface area (Å²) in [5, 5.41) is 13.4. The SMILES string of the molecule is CC(C)(C)[C@H]1CCc2c(sc(NC(=O)CCc3ccccc3)c2C#N)C1. The predicted molar refractivity (Wildman–Crippen MR) is 107 cm³/mol. The van der Waals surface area contributed by atoms with Gasteiger partial charge in [0, 0.05) is 11.3 Å². The molecule has 3 rings (SSSR count). The van der Waals surface area contributed by atoms with Gasteiger partial charge in [-0.2, -0.15) is 5.26 Å². The molecule has 136 valence electrons. The van der Waals surface area contributed by atoms with Gasteiger partial charge in [-0.15, -0.1) is 11.3 Å². The van der Waals surface area contributed by atoms with Gasteiger partial charge in [-0.3, -0.25) is 4.79 Å². The number of carbonyl (C=O) groups excluding carboxylic acids is 1. The van der Waals surface area contributed by atoms with Crippen molar-refractivity contribution in [2.75, 3.05) is 5.32 Å². The molecule has 1 atom stereocenters. The van der Waals surface area contributed by atoms with Gasteiger partial charge in [0.05, 0.1) is 5.56 Å². The molecule has 1 N–H and O–H groups in total. The first-order valence-corrected chi connectivity index (χ1v) is 10.1. The number of fused-ring (bicyclic) bond motifs is 1. The molecule has 0 saturated heterocycles. The number of hydrogen-bond acceptors (Lipinski definition) is 3. The monoisotopic (exact) mass is 366 g/mol. The summed E-state index contributed by atoms with van der Waals surface area (Å²) in [5.41, 5.74) is 3.27. The van der Waals surface area contributed by atoms with Crippen molar-refractivity contribution in [3.63, 3.8) is 0 Å². The first kappa shape index (κ1) is 18.7. The zero-order valence-electron chi connectivity index (χ0n) is 15.8. The number of thiophene rings is 1. The average molecular weight is 367 g/mol. The van der Waals surface area contributed by atoms with Gasteiger partial charge < -0.3 is 5.32 Å². The van der Waals surface area contributed by atoms with Crippen LogP contribution in [0.25, 0.3) is 0 Å². The van der Waals surface area contributed by atoms with Crippen LogP contribution in [0.1, 0.15) is 55.2 Å². The molecule has 2 aromatic rings. The average Bonchev–Trinajstić information content (AvgIpc) is 2.96. The lowest BCUT2D eigenvalue weighted by molar-refractivity contribution is -0.116. The van der Waals surface area contributed by atoms with E-state index in [4.69, 9.17) is 0 Å². The second-order valence-electron chi connectivity index (χ2n) is 8.16. The molecule has 0 bridgehead atoms. The van der Waals surface area contributed by atoms with Crippen LogP contribution < -0.4 is 5.32 Å². The number of nitrogens with one attached hydrogen (secondary N) is 1. The van der Waals surface area contributed by atoms with Crippen molar-refractivity contribution >= 4 is 22.2 Å². The second-order valence-corrected chi connectivity index (χ2v) is 9.26. The Bertz CT molecular complexity index is 824. The maximum Gasteiger partial charge on any atom is 0.225 e. The molecule has 1 aliphatic rings. The minimum Gasteiger partial charge on any atom is -0.317 e. The van der Waals surface area contributed by atoms with Gasteiger partial charge in [0.25, 0.3) is 0 Å². The van der Waals surface area contributed by atoms with E-state index in [0.717, 1.165) is 35.4 Å². The number of anilines is 1. The fourth-order valence-electron chi connectivity index (χ4n) is 3.62. The van der Waals surface area contributed by atoms with Crippen LogP contribution in [0.3, 0.4) is 0 Å². The summed E-state index contributed by atoms with van der Waals surface area (Å²) in [6.45, 7) is 6.86. The lowest BCUT2D eigenvalue weighted by atomic mass is 9.72. The molecular weight excluding hydrogens is 340 g/mol. The predicted octanol–water partition coefficient (Wildman–Crippen LogP) is 5.34. The summed E-state index contributed by atoms with van der Waals surface area (Å²) < 4.78 is 0. The van der Waals surface area contributed by atoms with Crippen LogP contribution in [0.4, 0.5) is 5.00 Å². The van der Waals surface area contributed by atoms with Crippen LogP contribution in [0, 0.1) is 22.7 Å². The van der Waals surface area contributed by atoms with Gasteiger partial charge in [0.1, 0.15) is 11.1 Å². The van der Waals surface area contributed by atoms with Gasteiger partial charge in [-0.25, -0.2) is 0 Å². The van der Waals surface area contributed by atoms with E-state index in [1.165, 1.54) is 4.88 Å². The van der Waals surface area contributed by atoms with Crippen molar-refractivity contribution in [3.8, 4) is 6.07 Å². The number of aryl methyl sites for hydroxylation is 1. The van der Waals surface area contributed by atoms with Gasteiger partial charge in [0.15, 0.2) is 0 Å². The van der Waals surface area contributed by atoms with Crippen molar-refractivity contribution in [2.45, 2.75) is 52.9 Å². The first-order chi connectivity index (χ1) is 12.4. The summed E-state index contributed by atoms with van der Waals surface area (Å²) in [6, 6.07) is 12.3. The quantitative estimate of drug-likeness (QED) is 0.794. The standard InChI is InChI=1S/C22H26N2OS/c1-22(2,3)16-10-11-17-18(14-23)21(26-19(17)13-16)24-20(25)12-9-15-7-5-4-6-8-15/h4-8,16H,9-13H2,1-3H3,(H,24,25)/t16-/m0/s1. The smallest absolute Gasteiger partial charge is 0.225 e. The Morgan fingerprint density at radius 2 is 2.04 bits per heavy atom. The van der Waals surface area contributed by atoms with E-state index in [1.807, 2.05) is 30.3 Å². The van der Waals surface area contributed by atoms with E-state index in [1.54, 1.807) is 11.3 Å². The van der Waals surface area contributed by atoms with Crippen molar-refractivity contribution in [2.24, 2.45) is 11.3 Å². The number of benzene rings is 1. The fourth-order valence-corrected chi connectivity index (χ4v) is 4.92. The normalized spacial score (nSPS) is 16.6. The molecule has 1 aromatic heterocycles. The second kappa shape index (κ2) is 7.63. The summed E-state index contributed by atoms with van der Waals surface area (Å²) in [4.78, 5) is 13.7. The topological polar surface area (TPSA) is 52.9 Å². The van der Waals surface area contributed by atoms with Crippen LogP contribution in [-0.4, -0.2) is 5.91 Å². The third-order valence-corrected chi connectivity index (χ3v) is 6.51. The molecule has 0 radical (unpaired) electrons. The highest BCUT2D eigenvalue weighted by Crippen LogP contribution is 2.43. The Morgan fingerprint density at radius 1 is 1.31 bits per heavy atom. The van der Waals surface area contributed by atoms with Gasteiger partial charge >= 0.3 is 0 Å². The maximum absolute atomic E-state index is 12.4. The zero-order chi connectivity index (χ0) is 18.7. The minimum atomic E-state index is -0.0173. The lowest BCUT2D eigenvalue weighted by Crippen LogP contribution is -2.26. The Morgan fingerprint density at radius 3 is 2.69 bits per heavy atom. The third kappa shape index (κ3) is 4.16. The molecule has 26 heavy (non-hydrogen) atoms. The summed E-state index contributed by atoms with van der Waals surface area (Å²) in [7, 11) is 0. The molecule has 1 amide bonds. The minimum absolute atomic E-state index is 0.0173. The molecule has 0 saturated carbocycles. The van der Waals surface area contributed by atoms with Crippen molar-refractivity contribution < 1.29 is 4.79 Å². The summed E-state index contributed by atoms with van der Waals surface area (Å²) in [6.07, 6.45) is 4.21. The van der Waals surface area contributed by atoms with Crippen LogP contribution >= 0.6 is 11.3 Å². The third-order valence-electron chi connectivity index (χ3n) is 5.34. The highest BCUT2D eigenvalue weighted by molar-refractivity contribution is 7.16. The highest BCUT2D eigenvalue weighted by Gasteiger charge is 2.32. The van der Waals surface area contributed by atoms with E-state index in [9.17, 15) is 10.1 Å². The number of nitriles is 1. The lowest BCUT2D eigenvalue weighted by Gasteiger charge is -2.33. The summed E-state index contributed by atoms with van der Waals surface area (Å²) in [5.74, 6) is 0.609. The molecule has 1 aromatic carbocycles. The van der Waals surface area contributed by atoms with Crippen LogP contribution in [0.2, 0.25) is 0 Å². The van der Waals surface area contributed by atoms with Gasteiger partial charge in [-0.1, -0.05) is 51.1 Å². The number of nitrogens with zero attached hydrogens (tertiary/aromatic N) is 1. The zero-order valence-corrected chi connectivity index (χ0v) is 16.6. The molecule has 0 spiro atoms. The molecule has 1 aliphatic carbocycles. The molecule has 1 heterocycles. The van der Waals surface area contributed by atoms with Crippen LogP contribution in [0.15, 0.2) is 30.3 Å². The van der Waals surface area contributed by atoms with E-state index in [-0.39, 0.29) is 11.3 Å². The molecule has 0 aliphatic heterocycles. The molecular formula is C22H26N2OS. The Kier molecular flexibility index (Phi) is 5.48.